The van der Waals surface area contributed by atoms with Gasteiger partial charge in [0.05, 0.1) is 10.6 Å². The van der Waals surface area contributed by atoms with Crippen LogP contribution in [-0.2, 0) is 14.6 Å². The Kier molecular flexibility index (Phi) is 4.88. The van der Waals surface area contributed by atoms with Gasteiger partial charge in [0.25, 0.3) is 0 Å². The van der Waals surface area contributed by atoms with Crippen molar-refractivity contribution in [3.05, 3.63) is 24.3 Å². The molecule has 1 unspecified atom stereocenters. The number of anilines is 1. The number of nitrogens with one attached hydrogen (secondary N) is 2. The van der Waals surface area contributed by atoms with Gasteiger partial charge < -0.3 is 10.6 Å². The highest BCUT2D eigenvalue weighted by Crippen LogP contribution is 2.19. The Hall–Kier alpha value is -1.56. The highest BCUT2D eigenvalue weighted by Gasteiger charge is 2.25. The number of sulfone groups is 1. The maximum atomic E-state index is 11.9. The van der Waals surface area contributed by atoms with Gasteiger partial charge in [0.2, 0.25) is 5.91 Å². The Morgan fingerprint density at radius 1 is 1.29 bits per heavy atom. The minimum absolute atomic E-state index is 0.0276. The summed E-state index contributed by atoms with van der Waals surface area (Å²) in [6.45, 7) is 3.63. The maximum absolute atomic E-state index is 11.9. The molecule has 1 atom stereocenters. The van der Waals surface area contributed by atoms with Crippen molar-refractivity contribution in [2.75, 3.05) is 11.1 Å². The van der Waals surface area contributed by atoms with Gasteiger partial charge in [0.1, 0.15) is 6.04 Å². The van der Waals surface area contributed by atoms with Crippen LogP contribution in [0.4, 0.5) is 5.69 Å². The Bertz CT molecular complexity index is 592. The van der Waals surface area contributed by atoms with Crippen LogP contribution in [0, 0.1) is 0 Å². The molecule has 1 amide bonds. The second kappa shape index (κ2) is 6.47. The molecule has 0 radical (unpaired) electrons. The number of rotatable bonds is 7. The van der Waals surface area contributed by atoms with Crippen LogP contribution in [0.15, 0.2) is 29.2 Å². The van der Waals surface area contributed by atoms with Crippen molar-refractivity contribution >= 4 is 21.4 Å². The first-order valence-electron chi connectivity index (χ1n) is 7.32. The topological polar surface area (TPSA) is 75.3 Å². The molecule has 6 heteroatoms. The van der Waals surface area contributed by atoms with Crippen LogP contribution >= 0.6 is 0 Å². The average Bonchev–Trinajstić information content (AvgIpc) is 3.23. The summed E-state index contributed by atoms with van der Waals surface area (Å²) < 4.78 is 23.8. The van der Waals surface area contributed by atoms with Gasteiger partial charge in [0.15, 0.2) is 9.84 Å². The Balaban J connectivity index is 1.97. The molecule has 0 spiro atoms. The summed E-state index contributed by atoms with van der Waals surface area (Å²) in [4.78, 5) is 12.2. The summed E-state index contributed by atoms with van der Waals surface area (Å²) in [7, 11) is -3.19. The molecule has 0 aromatic heterocycles. The third kappa shape index (κ3) is 4.46. The lowest BCUT2D eigenvalue weighted by Crippen LogP contribution is -2.38. The van der Waals surface area contributed by atoms with E-state index in [1.165, 1.54) is 0 Å². The van der Waals surface area contributed by atoms with Crippen LogP contribution in [0.1, 0.15) is 33.1 Å². The van der Waals surface area contributed by atoms with Crippen molar-refractivity contribution < 1.29 is 13.2 Å². The fraction of sp³-hybridized carbons (Fsp3) is 0.533. The van der Waals surface area contributed by atoms with Gasteiger partial charge >= 0.3 is 0 Å². The zero-order valence-corrected chi connectivity index (χ0v) is 13.2. The van der Waals surface area contributed by atoms with E-state index in [1.54, 1.807) is 31.2 Å². The van der Waals surface area contributed by atoms with Gasteiger partial charge in [0, 0.05) is 11.7 Å². The molecule has 1 aromatic rings. The Morgan fingerprint density at radius 3 is 2.43 bits per heavy atom. The second-order valence-electron chi connectivity index (χ2n) is 5.49. The monoisotopic (exact) mass is 310 g/mol. The van der Waals surface area contributed by atoms with Crippen molar-refractivity contribution in [3.8, 4) is 0 Å². The Labute approximate surface area is 126 Å². The van der Waals surface area contributed by atoms with E-state index < -0.39 is 9.84 Å². The highest BCUT2D eigenvalue weighted by atomic mass is 32.2. The van der Waals surface area contributed by atoms with Crippen molar-refractivity contribution in [1.82, 2.24) is 5.32 Å². The van der Waals surface area contributed by atoms with Crippen LogP contribution < -0.4 is 10.6 Å². The predicted octanol–water partition coefficient (Wildman–Crippen LogP) is 1.95. The van der Waals surface area contributed by atoms with E-state index in [0.29, 0.717) is 17.4 Å². The molecular formula is C15H22N2O3S. The van der Waals surface area contributed by atoms with Gasteiger partial charge in [-0.05, 0) is 50.5 Å². The first-order valence-corrected chi connectivity index (χ1v) is 8.97. The van der Waals surface area contributed by atoms with Gasteiger partial charge in [-0.25, -0.2) is 8.42 Å². The summed E-state index contributed by atoms with van der Waals surface area (Å²) in [5.41, 5.74) is 0.740. The molecule has 5 nitrogen and oxygen atoms in total. The lowest BCUT2D eigenvalue weighted by molar-refractivity contribution is -0.121. The fourth-order valence-corrected chi connectivity index (χ4v) is 3.34. The highest BCUT2D eigenvalue weighted by molar-refractivity contribution is 7.91. The van der Waals surface area contributed by atoms with Crippen molar-refractivity contribution in [2.45, 2.75) is 50.1 Å². The Morgan fingerprint density at radius 2 is 1.90 bits per heavy atom. The zero-order chi connectivity index (χ0) is 15.5. The molecule has 2 rings (SSSR count). The molecular weight excluding hydrogens is 288 g/mol. The van der Waals surface area contributed by atoms with E-state index >= 15 is 0 Å². The van der Waals surface area contributed by atoms with Crippen molar-refractivity contribution in [1.29, 1.82) is 0 Å². The normalized spacial score (nSPS) is 16.3. The van der Waals surface area contributed by atoms with Gasteiger partial charge in [-0.15, -0.1) is 0 Å². The van der Waals surface area contributed by atoms with Crippen molar-refractivity contribution in [2.24, 2.45) is 0 Å². The zero-order valence-electron chi connectivity index (χ0n) is 12.4. The van der Waals surface area contributed by atoms with Crippen LogP contribution in [0.25, 0.3) is 0 Å². The van der Waals surface area contributed by atoms with E-state index in [-0.39, 0.29) is 17.7 Å². The average molecular weight is 310 g/mol. The van der Waals surface area contributed by atoms with Gasteiger partial charge in [-0.3, -0.25) is 4.79 Å². The first kappa shape index (κ1) is 15.8. The second-order valence-corrected chi connectivity index (χ2v) is 7.60. The van der Waals surface area contributed by atoms with Gasteiger partial charge in [-0.2, -0.15) is 0 Å². The number of hydrogen-bond acceptors (Lipinski definition) is 4. The largest absolute Gasteiger partial charge is 0.374 e. The summed E-state index contributed by atoms with van der Waals surface area (Å²) in [5.74, 6) is 0.125. The number of amides is 1. The number of carbonyl (C=O) groups excluding carboxylic acids is 1. The minimum Gasteiger partial charge on any atom is -0.374 e. The first-order chi connectivity index (χ1) is 9.92. The predicted molar refractivity (Wildman–Crippen MR) is 83.0 cm³/mol. The molecule has 0 heterocycles. The maximum Gasteiger partial charge on any atom is 0.242 e. The van der Waals surface area contributed by atoms with Crippen LogP contribution in [-0.4, -0.2) is 32.2 Å². The molecule has 2 N–H and O–H groups in total. The third-order valence-corrected chi connectivity index (χ3v) is 5.32. The lowest BCUT2D eigenvalue weighted by atomic mass is 10.2. The van der Waals surface area contributed by atoms with E-state index in [9.17, 15) is 13.2 Å². The SMILES string of the molecule is CCCS(=O)(=O)c1ccc(NC(C)C(=O)NC2CC2)cc1. The van der Waals surface area contributed by atoms with Crippen molar-refractivity contribution in [3.63, 3.8) is 0 Å². The summed E-state index contributed by atoms with van der Waals surface area (Å²) in [6.07, 6.45) is 2.71. The molecule has 1 aromatic carbocycles. The standard InChI is InChI=1S/C15H22N2O3S/c1-3-10-21(19,20)14-8-6-12(7-9-14)16-11(2)15(18)17-13-4-5-13/h6-9,11,13,16H,3-5,10H2,1-2H3,(H,17,18). The fourth-order valence-electron chi connectivity index (χ4n) is 2.01. The van der Waals surface area contributed by atoms with E-state index in [2.05, 4.69) is 10.6 Å². The number of hydrogen-bond donors (Lipinski definition) is 2. The third-order valence-electron chi connectivity index (χ3n) is 3.39. The summed E-state index contributed by atoms with van der Waals surface area (Å²) >= 11 is 0. The molecule has 0 aliphatic heterocycles. The van der Waals surface area contributed by atoms with E-state index in [0.717, 1.165) is 18.5 Å². The summed E-state index contributed by atoms with van der Waals surface area (Å²) in [5, 5.41) is 6.01. The molecule has 1 fully saturated rings. The minimum atomic E-state index is -3.19. The quantitative estimate of drug-likeness (QED) is 0.807. The molecule has 1 aliphatic carbocycles. The molecule has 1 saturated carbocycles. The molecule has 21 heavy (non-hydrogen) atoms. The summed E-state index contributed by atoms with van der Waals surface area (Å²) in [6, 6.07) is 6.55. The van der Waals surface area contributed by atoms with E-state index in [1.807, 2.05) is 6.92 Å². The molecule has 0 bridgehead atoms. The molecule has 0 saturated heterocycles. The number of benzene rings is 1. The van der Waals surface area contributed by atoms with Crippen LogP contribution in [0.5, 0.6) is 0 Å². The number of carbonyl (C=O) groups is 1. The van der Waals surface area contributed by atoms with Crippen LogP contribution in [0.3, 0.4) is 0 Å². The van der Waals surface area contributed by atoms with Crippen LogP contribution in [0.2, 0.25) is 0 Å². The van der Waals surface area contributed by atoms with E-state index in [4.69, 9.17) is 0 Å². The lowest BCUT2D eigenvalue weighted by Gasteiger charge is -2.15. The molecule has 116 valence electrons. The van der Waals surface area contributed by atoms with Gasteiger partial charge in [-0.1, -0.05) is 6.92 Å². The molecule has 1 aliphatic rings. The smallest absolute Gasteiger partial charge is 0.242 e.